The van der Waals surface area contributed by atoms with Crippen molar-refractivity contribution < 1.29 is 9.90 Å². The molecule has 1 aliphatic heterocycles. The maximum absolute atomic E-state index is 12.1. The third-order valence-corrected chi connectivity index (χ3v) is 4.04. The summed E-state index contributed by atoms with van der Waals surface area (Å²) in [5.74, 6) is 0.451. The van der Waals surface area contributed by atoms with E-state index in [0.29, 0.717) is 13.0 Å². The minimum absolute atomic E-state index is 0.156. The lowest BCUT2D eigenvalue weighted by Gasteiger charge is -2.39. The van der Waals surface area contributed by atoms with Gasteiger partial charge in [-0.25, -0.2) is 15.0 Å². The van der Waals surface area contributed by atoms with Crippen LogP contribution in [0.5, 0.6) is 0 Å². The molecule has 8 nitrogen and oxygen atoms in total. The van der Waals surface area contributed by atoms with E-state index in [2.05, 4.69) is 25.3 Å². The summed E-state index contributed by atoms with van der Waals surface area (Å²) >= 11 is 0. The number of amides is 1. The summed E-state index contributed by atoms with van der Waals surface area (Å²) in [4.78, 5) is 30.3. The number of piperidine rings is 1. The fraction of sp³-hybridized carbons (Fsp3) is 0.438. The lowest BCUT2D eigenvalue weighted by Crippen LogP contribution is -2.54. The molecule has 8 heteroatoms. The van der Waals surface area contributed by atoms with E-state index in [0.717, 1.165) is 24.5 Å². The number of carbonyl (C=O) groups is 1. The van der Waals surface area contributed by atoms with E-state index in [4.69, 9.17) is 0 Å². The lowest BCUT2D eigenvalue weighted by atomic mass is 9.92. The van der Waals surface area contributed by atoms with E-state index in [9.17, 15) is 9.90 Å². The molecule has 1 aliphatic rings. The van der Waals surface area contributed by atoms with Crippen molar-refractivity contribution in [3.63, 3.8) is 0 Å². The van der Waals surface area contributed by atoms with Gasteiger partial charge in [0.25, 0.3) is 5.91 Å². The van der Waals surface area contributed by atoms with Crippen molar-refractivity contribution >= 4 is 11.7 Å². The summed E-state index contributed by atoms with van der Waals surface area (Å²) in [5.41, 5.74) is 0.111. The van der Waals surface area contributed by atoms with Gasteiger partial charge < -0.3 is 15.3 Å². The fourth-order valence-electron chi connectivity index (χ4n) is 2.82. The van der Waals surface area contributed by atoms with Crippen molar-refractivity contribution in [3.05, 3.63) is 42.4 Å². The number of aryl methyl sites for hydroxylation is 1. The fourth-order valence-corrected chi connectivity index (χ4v) is 2.82. The first kappa shape index (κ1) is 16.3. The van der Waals surface area contributed by atoms with Crippen LogP contribution in [-0.2, 0) is 0 Å². The molecule has 1 atom stereocenters. The molecule has 24 heavy (non-hydrogen) atoms. The van der Waals surface area contributed by atoms with Crippen LogP contribution in [-0.4, -0.2) is 56.2 Å². The van der Waals surface area contributed by atoms with Crippen molar-refractivity contribution in [3.8, 4) is 0 Å². The molecule has 1 amide bonds. The monoisotopic (exact) mass is 328 g/mol. The van der Waals surface area contributed by atoms with Crippen molar-refractivity contribution in [1.82, 2.24) is 25.3 Å². The predicted molar refractivity (Wildman–Crippen MR) is 87.5 cm³/mol. The zero-order valence-corrected chi connectivity index (χ0v) is 13.5. The highest BCUT2D eigenvalue weighted by Gasteiger charge is 2.34. The lowest BCUT2D eigenvalue weighted by molar-refractivity contribution is 0.0253. The Bertz CT molecular complexity index is 711. The van der Waals surface area contributed by atoms with Gasteiger partial charge in [-0.05, 0) is 19.8 Å². The molecule has 0 unspecified atom stereocenters. The summed E-state index contributed by atoms with van der Waals surface area (Å²) in [6.07, 6.45) is 7.33. The number of carbonyl (C=O) groups excluding carboxylic acids is 1. The van der Waals surface area contributed by atoms with Gasteiger partial charge in [-0.1, -0.05) is 0 Å². The number of β-amino-alcohol motifs (C(OH)–C–C–N with tert-alkyl or cyclic N) is 1. The van der Waals surface area contributed by atoms with Gasteiger partial charge in [-0.15, -0.1) is 0 Å². The Balaban J connectivity index is 1.63. The molecule has 0 aromatic carbocycles. The standard InChI is InChI=1S/C16H20N6O2/c1-12-7-14(21-11-20-12)22-6-2-3-16(24,10-22)9-19-15(23)13-8-17-4-5-18-13/h4-5,7-8,11,24H,2-3,6,9-10H2,1H3,(H,19,23)/t16-/m1/s1. The van der Waals surface area contributed by atoms with Gasteiger partial charge in [-0.3, -0.25) is 9.78 Å². The molecule has 0 aliphatic carbocycles. The van der Waals surface area contributed by atoms with Crippen LogP contribution in [0.25, 0.3) is 0 Å². The minimum Gasteiger partial charge on any atom is -0.386 e. The molecule has 0 saturated carbocycles. The topological polar surface area (TPSA) is 104 Å². The third kappa shape index (κ3) is 3.83. The number of rotatable bonds is 4. The molecule has 0 bridgehead atoms. The number of hydrogen-bond donors (Lipinski definition) is 2. The van der Waals surface area contributed by atoms with E-state index in [1.165, 1.54) is 24.9 Å². The second-order valence-corrected chi connectivity index (χ2v) is 6.04. The maximum Gasteiger partial charge on any atom is 0.271 e. The zero-order valence-electron chi connectivity index (χ0n) is 13.5. The SMILES string of the molecule is Cc1cc(N2CCC[C@@](O)(CNC(=O)c3cnccn3)C2)ncn1. The highest BCUT2D eigenvalue weighted by atomic mass is 16.3. The summed E-state index contributed by atoms with van der Waals surface area (Å²) in [6.45, 7) is 3.28. The van der Waals surface area contributed by atoms with Crippen LogP contribution < -0.4 is 10.2 Å². The average molecular weight is 328 g/mol. The summed E-state index contributed by atoms with van der Waals surface area (Å²) in [7, 11) is 0. The first-order valence-electron chi connectivity index (χ1n) is 7.86. The van der Waals surface area contributed by atoms with Crippen molar-refractivity contribution in [2.24, 2.45) is 0 Å². The molecular formula is C16H20N6O2. The van der Waals surface area contributed by atoms with Crippen LogP contribution in [0.15, 0.2) is 31.0 Å². The van der Waals surface area contributed by atoms with E-state index in [1.54, 1.807) is 0 Å². The van der Waals surface area contributed by atoms with Crippen molar-refractivity contribution in [2.45, 2.75) is 25.4 Å². The Morgan fingerprint density at radius 1 is 1.38 bits per heavy atom. The molecule has 126 valence electrons. The van der Waals surface area contributed by atoms with E-state index < -0.39 is 5.60 Å². The Labute approximate surface area is 140 Å². The molecular weight excluding hydrogens is 308 g/mol. The van der Waals surface area contributed by atoms with Gasteiger partial charge in [0.05, 0.1) is 11.8 Å². The second-order valence-electron chi connectivity index (χ2n) is 6.04. The Morgan fingerprint density at radius 3 is 3.00 bits per heavy atom. The smallest absolute Gasteiger partial charge is 0.271 e. The number of hydrogen-bond acceptors (Lipinski definition) is 7. The molecule has 1 fully saturated rings. The third-order valence-electron chi connectivity index (χ3n) is 4.04. The molecule has 3 heterocycles. The van der Waals surface area contributed by atoms with Gasteiger partial charge in [-0.2, -0.15) is 0 Å². The van der Waals surface area contributed by atoms with Gasteiger partial charge in [0.2, 0.25) is 0 Å². The second kappa shape index (κ2) is 6.88. The first-order chi connectivity index (χ1) is 11.6. The predicted octanol–water partition coefficient (Wildman–Crippen LogP) is 0.336. The summed E-state index contributed by atoms with van der Waals surface area (Å²) < 4.78 is 0. The van der Waals surface area contributed by atoms with Crippen molar-refractivity contribution in [1.29, 1.82) is 0 Å². The number of aliphatic hydroxyl groups is 1. The van der Waals surface area contributed by atoms with Gasteiger partial charge in [0.15, 0.2) is 0 Å². The van der Waals surface area contributed by atoms with Crippen LogP contribution in [0.1, 0.15) is 29.0 Å². The van der Waals surface area contributed by atoms with Crippen LogP contribution >= 0.6 is 0 Å². The molecule has 3 rings (SSSR count). The minimum atomic E-state index is -1.00. The quantitative estimate of drug-likeness (QED) is 0.834. The number of nitrogens with one attached hydrogen (secondary N) is 1. The Morgan fingerprint density at radius 2 is 2.25 bits per heavy atom. The van der Waals surface area contributed by atoms with Crippen LogP contribution in [0.3, 0.4) is 0 Å². The normalized spacial score (nSPS) is 20.7. The molecule has 2 N–H and O–H groups in total. The highest BCUT2D eigenvalue weighted by Crippen LogP contribution is 2.24. The van der Waals surface area contributed by atoms with Crippen LogP contribution in [0, 0.1) is 6.92 Å². The molecule has 0 radical (unpaired) electrons. The summed E-state index contributed by atoms with van der Waals surface area (Å²) in [5, 5.41) is 13.6. The maximum atomic E-state index is 12.1. The summed E-state index contributed by atoms with van der Waals surface area (Å²) in [6, 6.07) is 1.89. The Kier molecular flexibility index (Phi) is 4.66. The number of anilines is 1. The molecule has 2 aromatic rings. The Hall–Kier alpha value is -2.61. The number of aromatic nitrogens is 4. The number of nitrogens with zero attached hydrogens (tertiary/aromatic N) is 5. The van der Waals surface area contributed by atoms with E-state index in [-0.39, 0.29) is 18.1 Å². The molecule has 0 spiro atoms. The zero-order chi connectivity index (χ0) is 17.0. The first-order valence-corrected chi connectivity index (χ1v) is 7.86. The largest absolute Gasteiger partial charge is 0.386 e. The van der Waals surface area contributed by atoms with E-state index >= 15 is 0 Å². The van der Waals surface area contributed by atoms with Crippen LogP contribution in [0.4, 0.5) is 5.82 Å². The highest BCUT2D eigenvalue weighted by molar-refractivity contribution is 5.91. The molecule has 1 saturated heterocycles. The van der Waals surface area contributed by atoms with E-state index in [1.807, 2.05) is 17.9 Å². The van der Waals surface area contributed by atoms with Gasteiger partial charge >= 0.3 is 0 Å². The van der Waals surface area contributed by atoms with Crippen molar-refractivity contribution in [2.75, 3.05) is 24.5 Å². The average Bonchev–Trinajstić information content (AvgIpc) is 2.60. The van der Waals surface area contributed by atoms with Crippen LogP contribution in [0.2, 0.25) is 0 Å². The molecule has 2 aromatic heterocycles. The van der Waals surface area contributed by atoms with Gasteiger partial charge in [0.1, 0.15) is 17.8 Å². The van der Waals surface area contributed by atoms with Gasteiger partial charge in [0, 0.05) is 43.8 Å².